The maximum absolute atomic E-state index is 12.5. The van der Waals surface area contributed by atoms with Crippen molar-refractivity contribution in [2.24, 2.45) is 5.92 Å². The van der Waals surface area contributed by atoms with Crippen LogP contribution < -0.4 is 10.1 Å². The molecule has 0 aliphatic carbocycles. The minimum absolute atomic E-state index is 0.0964. The van der Waals surface area contributed by atoms with Gasteiger partial charge in [0.25, 0.3) is 0 Å². The van der Waals surface area contributed by atoms with E-state index in [0.717, 1.165) is 6.54 Å². The van der Waals surface area contributed by atoms with E-state index >= 15 is 0 Å². The second kappa shape index (κ2) is 11.9. The molecule has 1 amide bonds. The van der Waals surface area contributed by atoms with Crippen molar-refractivity contribution in [3.8, 4) is 11.5 Å². The van der Waals surface area contributed by atoms with Crippen LogP contribution in [0.1, 0.15) is 26.7 Å². The Morgan fingerprint density at radius 1 is 0.966 bits per heavy atom. The van der Waals surface area contributed by atoms with Gasteiger partial charge in [0.2, 0.25) is 5.91 Å². The van der Waals surface area contributed by atoms with Crippen molar-refractivity contribution in [1.29, 1.82) is 0 Å². The van der Waals surface area contributed by atoms with Crippen molar-refractivity contribution in [3.63, 3.8) is 0 Å². The summed E-state index contributed by atoms with van der Waals surface area (Å²) in [5, 5.41) is 2.93. The van der Waals surface area contributed by atoms with Crippen LogP contribution in [0.2, 0.25) is 0 Å². The van der Waals surface area contributed by atoms with Gasteiger partial charge in [-0.05, 0) is 30.2 Å². The van der Waals surface area contributed by atoms with Gasteiger partial charge in [0, 0.05) is 26.1 Å². The van der Waals surface area contributed by atoms with Gasteiger partial charge < -0.3 is 19.7 Å². The number of hydrogen-bond acceptors (Lipinski definition) is 5. The predicted octanol–water partition coefficient (Wildman–Crippen LogP) is 4.33. The van der Waals surface area contributed by atoms with Crippen molar-refractivity contribution in [3.05, 3.63) is 54.6 Å². The summed E-state index contributed by atoms with van der Waals surface area (Å²) in [4.78, 5) is 26.1. The highest BCUT2D eigenvalue weighted by Gasteiger charge is 2.14. The second-order valence-electron chi connectivity index (χ2n) is 7.23. The average Bonchev–Trinajstić information content (AvgIpc) is 2.71. The molecule has 6 heteroatoms. The lowest BCUT2D eigenvalue weighted by molar-refractivity contribution is -0.141. The molecule has 0 fully saturated rings. The largest absolute Gasteiger partial charge is 0.469 e. The van der Waals surface area contributed by atoms with Crippen LogP contribution >= 0.6 is 0 Å². The highest BCUT2D eigenvalue weighted by molar-refractivity contribution is 5.92. The summed E-state index contributed by atoms with van der Waals surface area (Å²) in [7, 11) is 1.39. The van der Waals surface area contributed by atoms with Crippen LogP contribution in [0.25, 0.3) is 0 Å². The van der Waals surface area contributed by atoms with Gasteiger partial charge in [0.05, 0.1) is 19.2 Å². The lowest BCUT2D eigenvalue weighted by Crippen LogP contribution is -2.33. The first-order chi connectivity index (χ1) is 14.0. The molecule has 0 aliphatic rings. The SMILES string of the molecule is COC(=O)CCN(CCC(=O)Nc1ccccc1Oc1ccccc1)CC(C)C. The number of benzene rings is 2. The molecule has 156 valence electrons. The van der Waals surface area contributed by atoms with E-state index in [4.69, 9.17) is 9.47 Å². The molecule has 0 radical (unpaired) electrons. The smallest absolute Gasteiger partial charge is 0.306 e. The number of ether oxygens (including phenoxy) is 2. The Kier molecular flexibility index (Phi) is 9.18. The topological polar surface area (TPSA) is 67.9 Å². The standard InChI is InChI=1S/C23H30N2O4/c1-18(2)17-25(16-14-23(27)28-3)15-13-22(26)24-20-11-7-8-12-21(20)29-19-9-5-4-6-10-19/h4-12,18H,13-17H2,1-3H3,(H,24,26). The fraction of sp³-hybridized carbons (Fsp3) is 0.391. The minimum Gasteiger partial charge on any atom is -0.469 e. The number of anilines is 1. The van der Waals surface area contributed by atoms with Crippen molar-refractivity contribution < 1.29 is 19.1 Å². The molecular formula is C23H30N2O4. The Morgan fingerprint density at radius 3 is 2.31 bits per heavy atom. The number of carbonyl (C=O) groups is 2. The van der Waals surface area contributed by atoms with Crippen molar-refractivity contribution >= 4 is 17.6 Å². The third-order valence-corrected chi connectivity index (χ3v) is 4.27. The first-order valence-corrected chi connectivity index (χ1v) is 9.89. The van der Waals surface area contributed by atoms with Gasteiger partial charge in [-0.2, -0.15) is 0 Å². The predicted molar refractivity (Wildman–Crippen MR) is 114 cm³/mol. The second-order valence-corrected chi connectivity index (χ2v) is 7.23. The van der Waals surface area contributed by atoms with E-state index in [9.17, 15) is 9.59 Å². The quantitative estimate of drug-likeness (QED) is 0.571. The van der Waals surface area contributed by atoms with Crippen LogP contribution in [0.3, 0.4) is 0 Å². The molecule has 2 rings (SSSR count). The van der Waals surface area contributed by atoms with Crippen molar-refractivity contribution in [2.45, 2.75) is 26.7 Å². The zero-order chi connectivity index (χ0) is 21.1. The van der Waals surface area contributed by atoms with Crippen LogP contribution in [-0.4, -0.2) is 43.5 Å². The number of methoxy groups -OCH3 is 1. The Labute approximate surface area is 172 Å². The molecule has 0 spiro atoms. The van der Waals surface area contributed by atoms with Gasteiger partial charge in [0.15, 0.2) is 5.75 Å². The molecule has 0 unspecified atom stereocenters. The lowest BCUT2D eigenvalue weighted by atomic mass is 10.2. The first kappa shape index (κ1) is 22.4. The van der Waals surface area contributed by atoms with Crippen LogP contribution in [0.15, 0.2) is 54.6 Å². The third kappa shape index (κ3) is 8.35. The molecule has 0 heterocycles. The van der Waals surface area contributed by atoms with Crippen LogP contribution in [0, 0.1) is 5.92 Å². The van der Waals surface area contributed by atoms with Crippen LogP contribution in [0.4, 0.5) is 5.69 Å². The number of para-hydroxylation sites is 3. The van der Waals surface area contributed by atoms with E-state index in [1.165, 1.54) is 7.11 Å². The molecule has 0 saturated heterocycles. The summed E-state index contributed by atoms with van der Waals surface area (Å²) >= 11 is 0. The number of carbonyl (C=O) groups excluding carboxylic acids is 2. The maximum atomic E-state index is 12.5. The highest BCUT2D eigenvalue weighted by atomic mass is 16.5. The van der Waals surface area contributed by atoms with Gasteiger partial charge >= 0.3 is 5.97 Å². The number of rotatable bonds is 11. The van der Waals surface area contributed by atoms with Crippen molar-refractivity contribution in [2.75, 3.05) is 32.1 Å². The van der Waals surface area contributed by atoms with Crippen molar-refractivity contribution in [1.82, 2.24) is 4.90 Å². The van der Waals surface area contributed by atoms with E-state index in [1.807, 2.05) is 54.6 Å². The Bertz CT molecular complexity index is 777. The molecule has 0 aliphatic heterocycles. The molecule has 0 saturated carbocycles. The highest BCUT2D eigenvalue weighted by Crippen LogP contribution is 2.29. The van der Waals surface area contributed by atoms with E-state index in [-0.39, 0.29) is 11.9 Å². The maximum Gasteiger partial charge on any atom is 0.306 e. The van der Waals surface area contributed by atoms with Gasteiger partial charge in [-0.15, -0.1) is 0 Å². The summed E-state index contributed by atoms with van der Waals surface area (Å²) in [6.07, 6.45) is 0.645. The Morgan fingerprint density at radius 2 is 1.62 bits per heavy atom. The number of nitrogens with zero attached hydrogens (tertiary/aromatic N) is 1. The number of esters is 1. The summed E-state index contributed by atoms with van der Waals surface area (Å²) in [6, 6.07) is 16.8. The zero-order valence-corrected chi connectivity index (χ0v) is 17.4. The molecule has 0 aromatic heterocycles. The number of amides is 1. The summed E-state index contributed by atoms with van der Waals surface area (Å²) in [5.74, 6) is 1.41. The van der Waals surface area contributed by atoms with E-state index in [0.29, 0.717) is 49.0 Å². The molecule has 29 heavy (non-hydrogen) atoms. The summed E-state index contributed by atoms with van der Waals surface area (Å²) < 4.78 is 10.6. The van der Waals surface area contributed by atoms with E-state index < -0.39 is 0 Å². The lowest BCUT2D eigenvalue weighted by Gasteiger charge is -2.23. The third-order valence-electron chi connectivity index (χ3n) is 4.27. The Hall–Kier alpha value is -2.86. The molecule has 2 aromatic rings. The van der Waals surface area contributed by atoms with Gasteiger partial charge in [-0.3, -0.25) is 9.59 Å². The number of nitrogens with one attached hydrogen (secondary N) is 1. The van der Waals surface area contributed by atoms with E-state index in [2.05, 4.69) is 24.1 Å². The minimum atomic E-state index is -0.241. The summed E-state index contributed by atoms with van der Waals surface area (Å²) in [5.41, 5.74) is 0.631. The van der Waals surface area contributed by atoms with Crippen LogP contribution in [0.5, 0.6) is 11.5 Å². The molecule has 6 nitrogen and oxygen atoms in total. The number of hydrogen-bond donors (Lipinski definition) is 1. The van der Waals surface area contributed by atoms with E-state index in [1.54, 1.807) is 0 Å². The fourth-order valence-corrected chi connectivity index (χ4v) is 2.91. The van der Waals surface area contributed by atoms with Gasteiger partial charge in [0.1, 0.15) is 5.75 Å². The first-order valence-electron chi connectivity index (χ1n) is 9.89. The molecule has 0 bridgehead atoms. The van der Waals surface area contributed by atoms with Gasteiger partial charge in [-0.1, -0.05) is 44.2 Å². The molecule has 1 N–H and O–H groups in total. The molecule has 0 atom stereocenters. The zero-order valence-electron chi connectivity index (χ0n) is 17.4. The summed E-state index contributed by atoms with van der Waals surface area (Å²) in [6.45, 7) is 6.19. The average molecular weight is 399 g/mol. The molecular weight excluding hydrogens is 368 g/mol. The monoisotopic (exact) mass is 398 g/mol. The normalized spacial score (nSPS) is 10.8. The molecule has 2 aromatic carbocycles. The fourth-order valence-electron chi connectivity index (χ4n) is 2.91. The Balaban J connectivity index is 1.92. The van der Waals surface area contributed by atoms with Gasteiger partial charge in [-0.25, -0.2) is 0 Å². The van der Waals surface area contributed by atoms with Crippen LogP contribution in [-0.2, 0) is 14.3 Å².